The summed E-state index contributed by atoms with van der Waals surface area (Å²) in [5.41, 5.74) is 7.98. The van der Waals surface area contributed by atoms with E-state index < -0.39 is 0 Å². The summed E-state index contributed by atoms with van der Waals surface area (Å²) >= 11 is 0. The molecule has 5 heteroatoms. The first-order chi connectivity index (χ1) is 9.88. The quantitative estimate of drug-likeness (QED) is 0.556. The van der Waals surface area contributed by atoms with Gasteiger partial charge in [0, 0.05) is 18.2 Å². The van der Waals surface area contributed by atoms with Gasteiger partial charge in [0.2, 0.25) is 5.91 Å². The topological polar surface area (TPSA) is 79.5 Å². The molecule has 0 spiro atoms. The maximum absolute atomic E-state index is 11.5. The molecule has 0 radical (unpaired) electrons. The minimum absolute atomic E-state index is 0.0108. The van der Waals surface area contributed by atoms with Crippen LogP contribution in [-0.4, -0.2) is 24.5 Å². The van der Waals surface area contributed by atoms with Crippen molar-refractivity contribution in [1.82, 2.24) is 5.32 Å². The molecule has 1 aromatic rings. The number of aliphatic imine (C=N–C) groups is 1. The Bertz CT molecular complexity index is 495. The zero-order valence-electron chi connectivity index (χ0n) is 13.3. The third-order valence-corrected chi connectivity index (χ3v) is 2.90. The van der Waals surface area contributed by atoms with Gasteiger partial charge in [-0.1, -0.05) is 26.0 Å². The van der Waals surface area contributed by atoms with Gasteiger partial charge in [-0.3, -0.25) is 9.79 Å². The highest BCUT2D eigenvalue weighted by Gasteiger charge is 2.03. The van der Waals surface area contributed by atoms with Gasteiger partial charge in [0.1, 0.15) is 0 Å². The zero-order chi connectivity index (χ0) is 15.8. The summed E-state index contributed by atoms with van der Waals surface area (Å²) in [4.78, 5) is 15.6. The number of nitrogens with two attached hydrogens (primary N) is 1. The number of nitrogens with zero attached hydrogens (tertiary/aromatic N) is 1. The number of rotatable bonds is 6. The molecule has 0 heterocycles. The highest BCUT2D eigenvalue weighted by Crippen LogP contribution is 2.18. The molecule has 0 fully saturated rings. The fourth-order valence-corrected chi connectivity index (χ4v) is 1.83. The average Bonchev–Trinajstić information content (AvgIpc) is 2.37. The lowest BCUT2D eigenvalue weighted by Gasteiger charge is -2.10. The Hall–Kier alpha value is -2.04. The maximum atomic E-state index is 11.5. The summed E-state index contributed by atoms with van der Waals surface area (Å²) in [6.45, 7) is 8.52. The Morgan fingerprint density at radius 3 is 2.62 bits per heavy atom. The Kier molecular flexibility index (Phi) is 6.72. The van der Waals surface area contributed by atoms with Crippen LogP contribution in [0.3, 0.4) is 0 Å². The van der Waals surface area contributed by atoms with Gasteiger partial charge in [0.15, 0.2) is 5.96 Å². The molecule has 1 rings (SSSR count). The largest absolute Gasteiger partial charge is 0.370 e. The van der Waals surface area contributed by atoms with Gasteiger partial charge in [-0.15, -0.1) is 0 Å². The summed E-state index contributed by atoms with van der Waals surface area (Å²) < 4.78 is 0. The van der Waals surface area contributed by atoms with Crippen molar-refractivity contribution in [2.75, 3.05) is 11.9 Å². The van der Waals surface area contributed by atoms with Crippen LogP contribution in [0.15, 0.2) is 29.3 Å². The molecule has 0 aromatic heterocycles. The third-order valence-electron chi connectivity index (χ3n) is 2.90. The first-order valence-corrected chi connectivity index (χ1v) is 7.34. The minimum Gasteiger partial charge on any atom is -0.370 e. The van der Waals surface area contributed by atoms with E-state index in [9.17, 15) is 4.79 Å². The number of guanidine groups is 1. The summed E-state index contributed by atoms with van der Waals surface area (Å²) in [6, 6.07) is 8.22. The third kappa shape index (κ3) is 6.79. The molecule has 0 atom stereocenters. The number of amides is 1. The molecule has 0 unspecified atom stereocenters. The van der Waals surface area contributed by atoms with E-state index in [1.165, 1.54) is 5.56 Å². The number of hydrogen-bond donors (Lipinski definition) is 3. The highest BCUT2D eigenvalue weighted by molar-refractivity contribution is 5.92. The number of benzene rings is 1. The fourth-order valence-electron chi connectivity index (χ4n) is 1.83. The SMILES string of the molecule is CC(C)NC(=O)CCN=C(N)Nc1cccc(C(C)C)c1. The number of nitrogens with one attached hydrogen (secondary N) is 2. The van der Waals surface area contributed by atoms with Crippen molar-refractivity contribution < 1.29 is 4.79 Å². The van der Waals surface area contributed by atoms with Crippen LogP contribution in [0.5, 0.6) is 0 Å². The van der Waals surface area contributed by atoms with Gasteiger partial charge in [-0.25, -0.2) is 0 Å². The summed E-state index contributed by atoms with van der Waals surface area (Å²) in [7, 11) is 0. The molecule has 1 amide bonds. The van der Waals surface area contributed by atoms with Gasteiger partial charge in [-0.2, -0.15) is 0 Å². The van der Waals surface area contributed by atoms with E-state index in [0.29, 0.717) is 24.8 Å². The van der Waals surface area contributed by atoms with E-state index in [1.54, 1.807) is 0 Å². The fraction of sp³-hybridized carbons (Fsp3) is 0.500. The van der Waals surface area contributed by atoms with Crippen molar-refractivity contribution in [2.45, 2.75) is 46.1 Å². The Labute approximate surface area is 127 Å². The molecule has 0 aliphatic heterocycles. The van der Waals surface area contributed by atoms with E-state index in [-0.39, 0.29) is 11.9 Å². The van der Waals surface area contributed by atoms with Crippen molar-refractivity contribution in [2.24, 2.45) is 10.7 Å². The zero-order valence-corrected chi connectivity index (χ0v) is 13.3. The van der Waals surface area contributed by atoms with Crippen LogP contribution in [0.1, 0.15) is 45.6 Å². The Balaban J connectivity index is 2.49. The number of carbonyl (C=O) groups excluding carboxylic acids is 1. The lowest BCUT2D eigenvalue weighted by atomic mass is 10.0. The van der Waals surface area contributed by atoms with Crippen molar-refractivity contribution in [3.63, 3.8) is 0 Å². The van der Waals surface area contributed by atoms with Crippen LogP contribution in [0.25, 0.3) is 0 Å². The van der Waals surface area contributed by atoms with E-state index >= 15 is 0 Å². The van der Waals surface area contributed by atoms with Gasteiger partial charge < -0.3 is 16.4 Å². The smallest absolute Gasteiger partial charge is 0.222 e. The van der Waals surface area contributed by atoms with Crippen molar-refractivity contribution in [3.8, 4) is 0 Å². The van der Waals surface area contributed by atoms with Gasteiger partial charge in [-0.05, 0) is 37.5 Å². The summed E-state index contributed by atoms with van der Waals surface area (Å²) in [5, 5.41) is 5.86. The molecular formula is C16H26N4O. The summed E-state index contributed by atoms with van der Waals surface area (Å²) in [5.74, 6) is 0.779. The molecular weight excluding hydrogens is 264 g/mol. The lowest BCUT2D eigenvalue weighted by molar-refractivity contribution is -0.121. The Morgan fingerprint density at radius 2 is 2.00 bits per heavy atom. The predicted molar refractivity (Wildman–Crippen MR) is 88.5 cm³/mol. The molecule has 21 heavy (non-hydrogen) atoms. The standard InChI is InChI=1S/C16H26N4O/c1-11(2)13-6-5-7-14(10-13)20-16(17)18-9-8-15(21)19-12(3)4/h5-7,10-12H,8-9H2,1-4H3,(H,19,21)(H3,17,18,20). The monoisotopic (exact) mass is 290 g/mol. The van der Waals surface area contributed by atoms with E-state index in [2.05, 4.69) is 41.6 Å². The summed E-state index contributed by atoms with van der Waals surface area (Å²) in [6.07, 6.45) is 0.340. The molecule has 4 N–H and O–H groups in total. The van der Waals surface area contributed by atoms with Crippen molar-refractivity contribution in [3.05, 3.63) is 29.8 Å². The van der Waals surface area contributed by atoms with Crippen LogP contribution < -0.4 is 16.4 Å². The molecule has 0 saturated carbocycles. The van der Waals surface area contributed by atoms with Gasteiger partial charge in [0.05, 0.1) is 6.54 Å². The molecule has 116 valence electrons. The maximum Gasteiger partial charge on any atom is 0.222 e. The van der Waals surface area contributed by atoms with Gasteiger partial charge >= 0.3 is 0 Å². The van der Waals surface area contributed by atoms with Crippen molar-refractivity contribution >= 4 is 17.6 Å². The molecule has 0 saturated heterocycles. The average molecular weight is 290 g/mol. The molecule has 0 aliphatic carbocycles. The van der Waals surface area contributed by atoms with Crippen LogP contribution in [-0.2, 0) is 4.79 Å². The second kappa shape index (κ2) is 8.29. The van der Waals surface area contributed by atoms with E-state index in [4.69, 9.17) is 5.73 Å². The van der Waals surface area contributed by atoms with Crippen LogP contribution >= 0.6 is 0 Å². The highest BCUT2D eigenvalue weighted by atomic mass is 16.1. The normalized spacial score (nSPS) is 11.8. The molecule has 0 aliphatic rings. The lowest BCUT2D eigenvalue weighted by Crippen LogP contribution is -2.30. The first kappa shape index (κ1) is 17.0. The number of carbonyl (C=O) groups is 1. The van der Waals surface area contributed by atoms with Crippen LogP contribution in [0.2, 0.25) is 0 Å². The van der Waals surface area contributed by atoms with Crippen LogP contribution in [0.4, 0.5) is 5.69 Å². The van der Waals surface area contributed by atoms with E-state index in [1.807, 2.05) is 26.0 Å². The molecule has 0 bridgehead atoms. The second-order valence-electron chi connectivity index (χ2n) is 5.64. The second-order valence-corrected chi connectivity index (χ2v) is 5.64. The molecule has 5 nitrogen and oxygen atoms in total. The van der Waals surface area contributed by atoms with Gasteiger partial charge in [0.25, 0.3) is 0 Å². The minimum atomic E-state index is -0.0108. The number of anilines is 1. The Morgan fingerprint density at radius 1 is 1.29 bits per heavy atom. The van der Waals surface area contributed by atoms with Crippen molar-refractivity contribution in [1.29, 1.82) is 0 Å². The molecule has 1 aromatic carbocycles. The number of hydrogen-bond acceptors (Lipinski definition) is 2. The van der Waals surface area contributed by atoms with Crippen LogP contribution in [0, 0.1) is 0 Å². The first-order valence-electron chi connectivity index (χ1n) is 7.34. The predicted octanol–water partition coefficient (Wildman–Crippen LogP) is 2.45. The van der Waals surface area contributed by atoms with E-state index in [0.717, 1.165) is 5.69 Å².